The molecule has 4 rings (SSSR count). The van der Waals surface area contributed by atoms with Crippen molar-refractivity contribution in [3.63, 3.8) is 0 Å². The number of carbonyl (C=O) groups excluding carboxylic acids is 3. The topological polar surface area (TPSA) is 130 Å². The Morgan fingerprint density at radius 3 is 2.29 bits per heavy atom. The first kappa shape index (κ1) is 26.3. The summed E-state index contributed by atoms with van der Waals surface area (Å²) in [6.07, 6.45) is 1.32. The number of fused-ring (bicyclic) bond motifs is 1. The maximum absolute atomic E-state index is 13.5. The number of benzene rings is 3. The molecule has 2 atom stereocenters. The number of aromatic hydroxyl groups is 1. The summed E-state index contributed by atoms with van der Waals surface area (Å²) in [5.74, 6) is -1.12. The van der Waals surface area contributed by atoms with Crippen LogP contribution >= 0.6 is 0 Å². The molecule has 9 nitrogen and oxygen atoms in total. The number of esters is 1. The lowest BCUT2D eigenvalue weighted by Gasteiger charge is -2.22. The highest BCUT2D eigenvalue weighted by molar-refractivity contribution is 5.91. The highest BCUT2D eigenvalue weighted by atomic mass is 16.5. The number of carbonyl (C=O) groups is 3. The Hall–Kier alpha value is -4.79. The minimum Gasteiger partial charge on any atom is -0.508 e. The van der Waals surface area contributed by atoms with Crippen LogP contribution in [0.25, 0.3) is 10.9 Å². The number of H-pyrrole nitrogens is 1. The van der Waals surface area contributed by atoms with E-state index in [4.69, 9.17) is 9.47 Å². The monoisotopic (exact) mass is 515 g/mol. The maximum Gasteiger partial charge on any atom is 0.408 e. The molecule has 9 heteroatoms. The van der Waals surface area contributed by atoms with Gasteiger partial charge < -0.3 is 30.2 Å². The van der Waals surface area contributed by atoms with E-state index in [0.29, 0.717) is 5.56 Å². The molecule has 0 aliphatic heterocycles. The summed E-state index contributed by atoms with van der Waals surface area (Å²) in [5, 5.41) is 15.8. The Morgan fingerprint density at radius 1 is 0.842 bits per heavy atom. The summed E-state index contributed by atoms with van der Waals surface area (Å²) in [7, 11) is 1.24. The van der Waals surface area contributed by atoms with Crippen LogP contribution in [-0.2, 0) is 38.5 Å². The van der Waals surface area contributed by atoms with Crippen LogP contribution in [0.1, 0.15) is 16.7 Å². The molecule has 38 heavy (non-hydrogen) atoms. The van der Waals surface area contributed by atoms with Crippen molar-refractivity contribution in [2.75, 3.05) is 7.11 Å². The molecular weight excluding hydrogens is 486 g/mol. The van der Waals surface area contributed by atoms with Gasteiger partial charge in [-0.3, -0.25) is 4.79 Å². The number of ether oxygens (including phenoxy) is 2. The van der Waals surface area contributed by atoms with Gasteiger partial charge in [0.05, 0.1) is 7.11 Å². The van der Waals surface area contributed by atoms with Gasteiger partial charge in [0.1, 0.15) is 24.4 Å². The second-order valence-electron chi connectivity index (χ2n) is 8.78. The number of nitrogens with one attached hydrogen (secondary N) is 3. The van der Waals surface area contributed by atoms with Gasteiger partial charge in [-0.15, -0.1) is 0 Å². The number of methoxy groups -OCH3 is 1. The van der Waals surface area contributed by atoms with Crippen LogP contribution in [-0.4, -0.2) is 47.3 Å². The van der Waals surface area contributed by atoms with E-state index in [9.17, 15) is 19.5 Å². The normalized spacial score (nSPS) is 12.3. The molecule has 196 valence electrons. The van der Waals surface area contributed by atoms with E-state index in [1.54, 1.807) is 18.3 Å². The first-order valence-corrected chi connectivity index (χ1v) is 12.1. The van der Waals surface area contributed by atoms with Crippen LogP contribution < -0.4 is 10.6 Å². The highest BCUT2D eigenvalue weighted by Crippen LogP contribution is 2.20. The Bertz CT molecular complexity index is 1380. The second-order valence-corrected chi connectivity index (χ2v) is 8.78. The molecule has 0 radical (unpaired) electrons. The fourth-order valence-electron chi connectivity index (χ4n) is 4.11. The Kier molecular flexibility index (Phi) is 8.61. The van der Waals surface area contributed by atoms with Gasteiger partial charge in [0.25, 0.3) is 0 Å². The van der Waals surface area contributed by atoms with Gasteiger partial charge in [-0.25, -0.2) is 9.59 Å². The van der Waals surface area contributed by atoms with E-state index >= 15 is 0 Å². The first-order valence-electron chi connectivity index (χ1n) is 12.1. The largest absolute Gasteiger partial charge is 0.508 e. The zero-order valence-electron chi connectivity index (χ0n) is 20.8. The lowest BCUT2D eigenvalue weighted by atomic mass is 10.0. The summed E-state index contributed by atoms with van der Waals surface area (Å²) in [6, 6.07) is 21.1. The quantitative estimate of drug-likeness (QED) is 0.239. The Balaban J connectivity index is 1.51. The Morgan fingerprint density at radius 2 is 1.55 bits per heavy atom. The third kappa shape index (κ3) is 6.91. The number of aromatic amines is 1. The van der Waals surface area contributed by atoms with Crippen molar-refractivity contribution >= 4 is 28.9 Å². The fourth-order valence-corrected chi connectivity index (χ4v) is 4.11. The van der Waals surface area contributed by atoms with E-state index in [-0.39, 0.29) is 25.2 Å². The third-order valence-corrected chi connectivity index (χ3v) is 6.10. The van der Waals surface area contributed by atoms with Gasteiger partial charge in [0.15, 0.2) is 0 Å². The number of rotatable bonds is 10. The summed E-state index contributed by atoms with van der Waals surface area (Å²) < 4.78 is 10.2. The number of hydrogen-bond acceptors (Lipinski definition) is 6. The SMILES string of the molecule is COC(=O)[C@H](Cc1ccc(O)cc1)NC(=O)[C@H](Cc1c[nH]c2ccccc12)NC(=O)OCc1ccccc1. The molecule has 1 heterocycles. The third-order valence-electron chi connectivity index (χ3n) is 6.10. The van der Waals surface area contributed by atoms with Gasteiger partial charge in [-0.1, -0.05) is 60.7 Å². The van der Waals surface area contributed by atoms with Crippen molar-refractivity contribution in [3.05, 3.63) is 102 Å². The fraction of sp³-hybridized carbons (Fsp3) is 0.207. The molecular formula is C29H29N3O6. The summed E-state index contributed by atoms with van der Waals surface area (Å²) in [4.78, 5) is 41.8. The van der Waals surface area contributed by atoms with Crippen LogP contribution in [0.3, 0.4) is 0 Å². The van der Waals surface area contributed by atoms with Crippen LogP contribution in [0.5, 0.6) is 5.75 Å². The molecule has 0 saturated heterocycles. The van der Waals surface area contributed by atoms with Gasteiger partial charge in [-0.2, -0.15) is 0 Å². The minimum absolute atomic E-state index is 0.0414. The molecule has 2 amide bonds. The van der Waals surface area contributed by atoms with E-state index in [2.05, 4.69) is 15.6 Å². The number of alkyl carbamates (subject to hydrolysis) is 1. The number of amides is 2. The summed E-state index contributed by atoms with van der Waals surface area (Å²) >= 11 is 0. The standard InChI is InChI=1S/C29H29N3O6/c1-37-28(35)26(15-19-11-13-22(33)14-12-19)31-27(34)25(16-21-17-30-24-10-6-5-9-23(21)24)32-29(36)38-18-20-7-3-2-4-8-20/h2-14,17,25-26,30,33H,15-16,18H2,1H3,(H,31,34)(H,32,36)/t25-,26-/m0/s1. The number of aromatic nitrogens is 1. The molecule has 3 aromatic carbocycles. The molecule has 0 aliphatic carbocycles. The van der Waals surface area contributed by atoms with Crippen LogP contribution in [0.15, 0.2) is 85.1 Å². The van der Waals surface area contributed by atoms with Gasteiger partial charge in [0, 0.05) is 29.9 Å². The van der Waals surface area contributed by atoms with Crippen molar-refractivity contribution in [1.82, 2.24) is 15.6 Å². The molecule has 0 aliphatic rings. The number of phenolic OH excluding ortho intramolecular Hbond substituents is 1. The smallest absolute Gasteiger partial charge is 0.408 e. The van der Waals surface area contributed by atoms with Gasteiger partial charge >= 0.3 is 12.1 Å². The second kappa shape index (κ2) is 12.4. The zero-order valence-corrected chi connectivity index (χ0v) is 20.8. The lowest BCUT2D eigenvalue weighted by Crippen LogP contribution is -2.53. The molecule has 0 unspecified atom stereocenters. The van der Waals surface area contributed by atoms with E-state index in [1.165, 1.54) is 19.2 Å². The van der Waals surface area contributed by atoms with Crippen molar-refractivity contribution in [3.8, 4) is 5.75 Å². The number of para-hydroxylation sites is 1. The van der Waals surface area contributed by atoms with Crippen molar-refractivity contribution in [2.24, 2.45) is 0 Å². The number of hydrogen-bond donors (Lipinski definition) is 4. The molecule has 0 spiro atoms. The predicted octanol–water partition coefficient (Wildman–Crippen LogP) is 3.61. The lowest BCUT2D eigenvalue weighted by molar-refractivity contribution is -0.145. The number of phenols is 1. The van der Waals surface area contributed by atoms with E-state index in [0.717, 1.165) is 22.0 Å². The maximum atomic E-state index is 13.5. The molecule has 0 bridgehead atoms. The van der Waals surface area contributed by atoms with Crippen LogP contribution in [0.4, 0.5) is 4.79 Å². The average molecular weight is 516 g/mol. The van der Waals surface area contributed by atoms with Gasteiger partial charge in [-0.05, 0) is 34.9 Å². The molecule has 1 aromatic heterocycles. The zero-order chi connectivity index (χ0) is 26.9. The molecule has 4 N–H and O–H groups in total. The van der Waals surface area contributed by atoms with Gasteiger partial charge in [0.2, 0.25) is 5.91 Å². The molecule has 0 saturated carbocycles. The molecule has 0 fully saturated rings. The van der Waals surface area contributed by atoms with E-state index < -0.39 is 30.1 Å². The van der Waals surface area contributed by atoms with Crippen molar-refractivity contribution in [2.45, 2.75) is 31.5 Å². The minimum atomic E-state index is -1.04. The van der Waals surface area contributed by atoms with E-state index in [1.807, 2.05) is 54.6 Å². The van der Waals surface area contributed by atoms with Crippen LogP contribution in [0.2, 0.25) is 0 Å². The van der Waals surface area contributed by atoms with Crippen LogP contribution in [0, 0.1) is 0 Å². The Labute approximate surface area is 219 Å². The van der Waals surface area contributed by atoms with Crippen molar-refractivity contribution in [1.29, 1.82) is 0 Å². The molecule has 4 aromatic rings. The summed E-state index contributed by atoms with van der Waals surface area (Å²) in [6.45, 7) is 0.0414. The van der Waals surface area contributed by atoms with Crippen molar-refractivity contribution < 1.29 is 29.0 Å². The average Bonchev–Trinajstić information content (AvgIpc) is 3.35. The predicted molar refractivity (Wildman–Crippen MR) is 141 cm³/mol. The highest BCUT2D eigenvalue weighted by Gasteiger charge is 2.29. The first-order chi connectivity index (χ1) is 18.4. The summed E-state index contributed by atoms with van der Waals surface area (Å²) in [5.41, 5.74) is 3.23.